The molecule has 1 heterocycles. The Labute approximate surface area is 209 Å². The highest BCUT2D eigenvalue weighted by molar-refractivity contribution is 5.82. The van der Waals surface area contributed by atoms with Gasteiger partial charge >= 0.3 is 5.97 Å². The van der Waals surface area contributed by atoms with Gasteiger partial charge in [0, 0.05) is 17.7 Å². The van der Waals surface area contributed by atoms with Gasteiger partial charge in [0.05, 0.1) is 5.69 Å². The molecular weight excluding hydrogens is 440 g/mol. The van der Waals surface area contributed by atoms with Gasteiger partial charge in [-0.1, -0.05) is 57.5 Å². The Morgan fingerprint density at radius 3 is 2.17 bits per heavy atom. The fourth-order valence-corrected chi connectivity index (χ4v) is 4.66. The van der Waals surface area contributed by atoms with Crippen LogP contribution in [0.4, 0.5) is 0 Å². The average molecular weight is 483 g/mol. The molecule has 1 unspecified atom stereocenters. The molecule has 0 saturated heterocycles. The van der Waals surface area contributed by atoms with E-state index < -0.39 is 17.6 Å². The molecule has 1 aromatic carbocycles. The molecule has 1 saturated carbocycles. The zero-order chi connectivity index (χ0) is 26.3. The van der Waals surface area contributed by atoms with Crippen LogP contribution in [-0.2, 0) is 4.79 Å². The Balaban J connectivity index is 0.000000402. The van der Waals surface area contributed by atoms with Crippen molar-refractivity contribution < 1.29 is 14.7 Å². The lowest BCUT2D eigenvalue weighted by Crippen LogP contribution is -2.34. The van der Waals surface area contributed by atoms with Crippen LogP contribution in [0.25, 0.3) is 11.3 Å². The molecule has 1 atom stereocenters. The number of hydrogen-bond acceptors (Lipinski definition) is 4. The van der Waals surface area contributed by atoms with Crippen LogP contribution < -0.4 is 10.9 Å². The van der Waals surface area contributed by atoms with Gasteiger partial charge in [-0.25, -0.2) is 4.79 Å². The summed E-state index contributed by atoms with van der Waals surface area (Å²) in [6.45, 7) is 11.9. The summed E-state index contributed by atoms with van der Waals surface area (Å²) in [7, 11) is 2.07. The number of carboxylic acids is 1. The van der Waals surface area contributed by atoms with E-state index in [1.807, 2.05) is 52.0 Å². The van der Waals surface area contributed by atoms with E-state index in [0.717, 1.165) is 17.5 Å². The summed E-state index contributed by atoms with van der Waals surface area (Å²) in [6.07, 6.45) is 6.55. The molecular formula is C29H42N2O4. The Morgan fingerprint density at radius 1 is 1.14 bits per heavy atom. The van der Waals surface area contributed by atoms with Crippen LogP contribution in [-0.4, -0.2) is 35.0 Å². The number of aromatic nitrogens is 1. The second-order valence-electron chi connectivity index (χ2n) is 11.1. The lowest BCUT2D eigenvalue weighted by Gasteiger charge is -2.28. The maximum absolute atomic E-state index is 12.8. The van der Waals surface area contributed by atoms with Crippen LogP contribution in [0.15, 0.2) is 35.1 Å². The van der Waals surface area contributed by atoms with Crippen LogP contribution in [0.2, 0.25) is 0 Å². The summed E-state index contributed by atoms with van der Waals surface area (Å²) in [5.74, 6) is -0.0803. The van der Waals surface area contributed by atoms with Gasteiger partial charge in [-0.3, -0.25) is 14.2 Å². The number of nitrogens with zero attached hydrogens (tertiary/aromatic N) is 1. The van der Waals surface area contributed by atoms with Gasteiger partial charge in [0.1, 0.15) is 6.04 Å². The lowest BCUT2D eigenvalue weighted by molar-refractivity contribution is -0.141. The molecule has 1 aliphatic carbocycles. The number of hydrogen-bond donors (Lipinski definition) is 2. The minimum absolute atomic E-state index is 0.279. The third kappa shape index (κ3) is 7.89. The zero-order valence-corrected chi connectivity index (χ0v) is 22.4. The van der Waals surface area contributed by atoms with Crippen LogP contribution >= 0.6 is 0 Å². The highest BCUT2D eigenvalue weighted by atomic mass is 16.4. The minimum atomic E-state index is -1.06. The molecule has 3 rings (SSSR count). The maximum atomic E-state index is 12.8. The van der Waals surface area contributed by atoms with Gasteiger partial charge in [0.25, 0.3) is 5.56 Å². The topological polar surface area (TPSA) is 88.4 Å². The van der Waals surface area contributed by atoms with Gasteiger partial charge in [-0.05, 0) is 75.5 Å². The van der Waals surface area contributed by atoms with Crippen LogP contribution in [0, 0.1) is 25.2 Å². The normalized spacial score (nSPS) is 18.8. The van der Waals surface area contributed by atoms with Gasteiger partial charge in [0.2, 0.25) is 0 Å². The van der Waals surface area contributed by atoms with Gasteiger partial charge < -0.3 is 10.4 Å². The number of aliphatic carboxylic acids is 1. The summed E-state index contributed by atoms with van der Waals surface area (Å²) in [5, 5.41) is 13.1. The molecule has 2 N–H and O–H groups in total. The first-order valence-corrected chi connectivity index (χ1v) is 12.6. The predicted molar refractivity (Wildman–Crippen MR) is 142 cm³/mol. The summed E-state index contributed by atoms with van der Waals surface area (Å²) in [6, 6.07) is 8.52. The van der Waals surface area contributed by atoms with Crippen molar-refractivity contribution in [1.29, 1.82) is 0 Å². The Kier molecular flexibility index (Phi) is 10.0. The molecule has 1 aromatic heterocycles. The van der Waals surface area contributed by atoms with E-state index in [0.29, 0.717) is 29.5 Å². The number of nitrogens with one attached hydrogen (secondary N) is 1. The Hall–Kier alpha value is -2.73. The molecule has 192 valence electrons. The highest BCUT2D eigenvalue weighted by Crippen LogP contribution is 2.32. The van der Waals surface area contributed by atoms with E-state index in [2.05, 4.69) is 19.3 Å². The summed E-state index contributed by atoms with van der Waals surface area (Å²) in [4.78, 5) is 36.2. The number of carboxylic acid groups (broad SMARTS) is 1. The fourth-order valence-electron chi connectivity index (χ4n) is 4.66. The van der Waals surface area contributed by atoms with Crippen molar-refractivity contribution in [3.63, 3.8) is 0 Å². The first-order valence-electron chi connectivity index (χ1n) is 12.6. The average Bonchev–Trinajstić information content (AvgIpc) is 2.79. The van der Waals surface area contributed by atoms with E-state index in [-0.39, 0.29) is 11.0 Å². The monoisotopic (exact) mass is 482 g/mol. The molecule has 1 aliphatic rings. The number of rotatable bonds is 6. The number of pyridine rings is 1. The van der Waals surface area contributed by atoms with Crippen molar-refractivity contribution >= 4 is 12.3 Å². The van der Waals surface area contributed by atoms with Crippen LogP contribution in [0.1, 0.15) is 87.3 Å². The molecule has 0 radical (unpaired) electrons. The molecule has 6 nitrogen and oxygen atoms in total. The number of benzene rings is 1. The van der Waals surface area contributed by atoms with E-state index in [9.17, 15) is 19.5 Å². The second-order valence-corrected chi connectivity index (χ2v) is 11.1. The Morgan fingerprint density at radius 2 is 1.71 bits per heavy atom. The number of carbonyl (C=O) groups is 2. The first-order chi connectivity index (χ1) is 16.4. The quantitative estimate of drug-likeness (QED) is 0.509. The van der Waals surface area contributed by atoms with Crippen molar-refractivity contribution in [1.82, 2.24) is 9.88 Å². The zero-order valence-electron chi connectivity index (χ0n) is 22.4. The van der Waals surface area contributed by atoms with Crippen molar-refractivity contribution in [2.45, 2.75) is 85.7 Å². The maximum Gasteiger partial charge on any atom is 0.326 e. The third-order valence-electron chi connectivity index (χ3n) is 6.82. The van der Waals surface area contributed by atoms with Crippen molar-refractivity contribution in [2.24, 2.45) is 11.3 Å². The summed E-state index contributed by atoms with van der Waals surface area (Å²) >= 11 is 0. The van der Waals surface area contributed by atoms with Crippen molar-refractivity contribution in [3.05, 3.63) is 57.4 Å². The predicted octanol–water partition coefficient (Wildman–Crippen LogP) is 5.79. The third-order valence-corrected chi connectivity index (χ3v) is 6.82. The molecule has 1 fully saturated rings. The lowest BCUT2D eigenvalue weighted by atomic mass is 9.87. The van der Waals surface area contributed by atoms with E-state index in [1.54, 1.807) is 6.92 Å². The highest BCUT2D eigenvalue weighted by Gasteiger charge is 2.30. The van der Waals surface area contributed by atoms with E-state index in [1.165, 1.54) is 36.3 Å². The molecule has 6 heteroatoms. The fraction of sp³-hybridized carbons (Fsp3) is 0.552. The second kappa shape index (κ2) is 12.3. The number of aldehydes is 1. The van der Waals surface area contributed by atoms with Gasteiger partial charge in [0.15, 0.2) is 6.29 Å². The molecule has 2 aromatic rings. The van der Waals surface area contributed by atoms with Gasteiger partial charge in [-0.2, -0.15) is 0 Å². The minimum Gasteiger partial charge on any atom is -0.480 e. The van der Waals surface area contributed by atoms with E-state index >= 15 is 0 Å². The van der Waals surface area contributed by atoms with Crippen LogP contribution in [0.5, 0.6) is 0 Å². The molecule has 0 bridgehead atoms. The molecule has 0 amide bonds. The van der Waals surface area contributed by atoms with E-state index in [4.69, 9.17) is 0 Å². The summed E-state index contributed by atoms with van der Waals surface area (Å²) in [5.41, 5.74) is 2.36. The smallest absolute Gasteiger partial charge is 0.326 e. The standard InChI is InChI=1S/C21H25NO4.C8H17N/c1-13-6-8-15(9-7-13)19-14(2)16(12-23)10-18(24)22(19)17(20(25)26)11-21(3,4)5;1-7-3-5-8(9-2)6-4-7/h6-10,12,17H,11H2,1-5H3,(H,25,26);7-9H,3-6H2,1-2H3. The van der Waals surface area contributed by atoms with Gasteiger partial charge in [-0.15, -0.1) is 0 Å². The van der Waals surface area contributed by atoms with Crippen LogP contribution in [0.3, 0.4) is 0 Å². The number of carbonyl (C=O) groups excluding carboxylic acids is 1. The molecule has 0 spiro atoms. The van der Waals surface area contributed by atoms with Crippen molar-refractivity contribution in [2.75, 3.05) is 7.05 Å². The van der Waals surface area contributed by atoms with Crippen molar-refractivity contribution in [3.8, 4) is 11.3 Å². The molecule has 35 heavy (non-hydrogen) atoms. The number of aryl methyl sites for hydroxylation is 1. The summed E-state index contributed by atoms with van der Waals surface area (Å²) < 4.78 is 1.32. The largest absolute Gasteiger partial charge is 0.480 e. The molecule has 0 aliphatic heterocycles. The Bertz CT molecular complexity index is 1060. The first kappa shape index (κ1) is 28.5. The SMILES string of the molecule is CNC1CCC(C)CC1.Cc1ccc(-c2c(C)c(C=O)cc(=O)n2C(CC(C)(C)C)C(=O)O)cc1.